The second-order valence-corrected chi connectivity index (χ2v) is 5.65. The van der Waals surface area contributed by atoms with Crippen molar-refractivity contribution in [1.29, 1.82) is 0 Å². The third kappa shape index (κ3) is 3.13. The van der Waals surface area contributed by atoms with E-state index in [1.54, 1.807) is 18.2 Å². The molecule has 0 amide bonds. The molecule has 3 heteroatoms. The van der Waals surface area contributed by atoms with Crippen molar-refractivity contribution >= 4 is 5.78 Å². The lowest BCUT2D eigenvalue weighted by molar-refractivity contribution is -0.113. The molecule has 0 unspecified atom stereocenters. The maximum absolute atomic E-state index is 13.4. The normalized spacial score (nSPS) is 22.2. The molecule has 0 bridgehead atoms. The molecule has 2 rings (SSSR count). The van der Waals surface area contributed by atoms with Gasteiger partial charge in [-0.05, 0) is 50.1 Å². The highest BCUT2D eigenvalue weighted by Gasteiger charge is 2.33. The van der Waals surface area contributed by atoms with Gasteiger partial charge < -0.3 is 5.32 Å². The molecule has 1 N–H and O–H groups in total. The predicted octanol–water partition coefficient (Wildman–Crippen LogP) is 4.01. The van der Waals surface area contributed by atoms with Gasteiger partial charge in [-0.1, -0.05) is 24.8 Å². The summed E-state index contributed by atoms with van der Waals surface area (Å²) in [5.74, 6) is -0.252. The van der Waals surface area contributed by atoms with Crippen LogP contribution in [0.15, 0.2) is 59.8 Å². The molecule has 0 spiro atoms. The van der Waals surface area contributed by atoms with Crippen LogP contribution >= 0.6 is 0 Å². The molecule has 21 heavy (non-hydrogen) atoms. The minimum atomic E-state index is -0.360. The van der Waals surface area contributed by atoms with Crippen LogP contribution in [0.5, 0.6) is 0 Å². The van der Waals surface area contributed by atoms with E-state index in [0.717, 1.165) is 16.8 Å². The fourth-order valence-electron chi connectivity index (χ4n) is 2.71. The van der Waals surface area contributed by atoms with Crippen molar-refractivity contribution in [3.05, 3.63) is 71.2 Å². The Kier molecular flexibility index (Phi) is 4.12. The quantitative estimate of drug-likeness (QED) is 0.669. The second kappa shape index (κ2) is 5.68. The Labute approximate surface area is 125 Å². The molecule has 2 nitrogen and oxygen atoms in total. The largest absolute Gasteiger partial charge is 0.379 e. The van der Waals surface area contributed by atoms with E-state index in [-0.39, 0.29) is 17.1 Å². The summed E-state index contributed by atoms with van der Waals surface area (Å²) in [5, 5.41) is 3.41. The van der Waals surface area contributed by atoms with Crippen molar-refractivity contribution in [2.24, 2.45) is 0 Å². The summed E-state index contributed by atoms with van der Waals surface area (Å²) in [6.07, 6.45) is 4.13. The lowest BCUT2D eigenvalue weighted by Gasteiger charge is -2.27. The minimum absolute atomic E-state index is 0.00958. The van der Waals surface area contributed by atoms with Crippen LogP contribution < -0.4 is 5.32 Å². The first-order valence-corrected chi connectivity index (χ1v) is 6.95. The number of hydrogen-bond donors (Lipinski definition) is 1. The molecule has 1 atom stereocenters. The van der Waals surface area contributed by atoms with Crippen LogP contribution in [0, 0.1) is 5.82 Å². The predicted molar refractivity (Wildman–Crippen MR) is 83.2 cm³/mol. The molecule has 1 aromatic rings. The van der Waals surface area contributed by atoms with Gasteiger partial charge in [-0.2, -0.15) is 0 Å². The Morgan fingerprint density at radius 1 is 1.48 bits per heavy atom. The summed E-state index contributed by atoms with van der Waals surface area (Å²) in [4.78, 5) is 11.5. The molecular weight excluding hydrogens is 265 g/mol. The third-order valence-corrected chi connectivity index (χ3v) is 3.91. The first-order valence-electron chi connectivity index (χ1n) is 6.95. The number of nitrogens with one attached hydrogen (secondary N) is 1. The van der Waals surface area contributed by atoms with Crippen LogP contribution in [0.1, 0.15) is 32.8 Å². The Hall–Kier alpha value is -2.16. The first-order chi connectivity index (χ1) is 9.85. The summed E-state index contributed by atoms with van der Waals surface area (Å²) in [5.41, 5.74) is 3.18. The SMILES string of the molecule is C=C/C(=C\C1=C(C)N[C@](C)(c2cccc(F)c2)C1)C(C)=O. The Bertz CT molecular complexity index is 657. The third-order valence-electron chi connectivity index (χ3n) is 3.91. The van der Waals surface area contributed by atoms with Gasteiger partial charge in [-0.15, -0.1) is 0 Å². The molecule has 1 aliphatic heterocycles. The van der Waals surface area contributed by atoms with Crippen LogP contribution in [0.2, 0.25) is 0 Å². The average molecular weight is 285 g/mol. The lowest BCUT2D eigenvalue weighted by Crippen LogP contribution is -2.33. The second-order valence-electron chi connectivity index (χ2n) is 5.65. The van der Waals surface area contributed by atoms with Gasteiger partial charge in [0.05, 0.1) is 5.54 Å². The summed E-state index contributed by atoms with van der Waals surface area (Å²) in [6.45, 7) is 9.20. The number of Topliss-reactive ketones (excluding diaryl/α,β-unsaturated/α-hetero) is 1. The molecule has 0 aliphatic carbocycles. The van der Waals surface area contributed by atoms with Gasteiger partial charge in [-0.3, -0.25) is 4.79 Å². The van der Waals surface area contributed by atoms with E-state index in [0.29, 0.717) is 12.0 Å². The van der Waals surface area contributed by atoms with Crippen molar-refractivity contribution < 1.29 is 9.18 Å². The van der Waals surface area contributed by atoms with Crippen LogP contribution in [0.25, 0.3) is 0 Å². The average Bonchev–Trinajstić information content (AvgIpc) is 2.71. The van der Waals surface area contributed by atoms with Crippen LogP contribution in [-0.2, 0) is 10.3 Å². The molecule has 0 aromatic heterocycles. The summed E-state index contributed by atoms with van der Waals surface area (Å²) < 4.78 is 13.4. The van der Waals surface area contributed by atoms with Crippen molar-refractivity contribution in [3.63, 3.8) is 0 Å². The van der Waals surface area contributed by atoms with Crippen molar-refractivity contribution in [1.82, 2.24) is 5.32 Å². The van der Waals surface area contributed by atoms with Gasteiger partial charge >= 0.3 is 0 Å². The maximum atomic E-state index is 13.4. The standard InChI is InChI=1S/C18H20FNO/c1-5-14(13(3)21)9-15-11-18(4,20-12(15)2)16-7-6-8-17(19)10-16/h5-10,20H,1,11H2,2-4H3/b14-9+/t18-/m0/s1. The zero-order valence-electron chi connectivity index (χ0n) is 12.7. The van der Waals surface area contributed by atoms with Crippen LogP contribution in [-0.4, -0.2) is 5.78 Å². The Morgan fingerprint density at radius 3 is 2.76 bits per heavy atom. The highest BCUT2D eigenvalue weighted by Crippen LogP contribution is 2.36. The molecular formula is C18H20FNO. The topological polar surface area (TPSA) is 29.1 Å². The van der Waals surface area contributed by atoms with Crippen molar-refractivity contribution in [2.45, 2.75) is 32.7 Å². The zero-order chi connectivity index (χ0) is 15.6. The van der Waals surface area contributed by atoms with E-state index in [4.69, 9.17) is 0 Å². The number of allylic oxidation sites excluding steroid dienone is 4. The Balaban J connectivity index is 2.32. The van der Waals surface area contributed by atoms with Gasteiger partial charge in [0, 0.05) is 17.7 Å². The van der Waals surface area contributed by atoms with Crippen molar-refractivity contribution in [3.8, 4) is 0 Å². The fraction of sp³-hybridized carbons (Fsp3) is 0.278. The maximum Gasteiger partial charge on any atom is 0.159 e. The van der Waals surface area contributed by atoms with E-state index in [1.807, 2.05) is 26.0 Å². The number of carbonyl (C=O) groups excluding carboxylic acids is 1. The van der Waals surface area contributed by atoms with Crippen LogP contribution in [0.3, 0.4) is 0 Å². The molecule has 1 aliphatic rings. The number of hydrogen-bond acceptors (Lipinski definition) is 2. The highest BCUT2D eigenvalue weighted by molar-refractivity contribution is 5.96. The molecule has 110 valence electrons. The van der Waals surface area contributed by atoms with Gasteiger partial charge in [0.25, 0.3) is 0 Å². The monoisotopic (exact) mass is 285 g/mol. The first kappa shape index (κ1) is 15.2. The smallest absolute Gasteiger partial charge is 0.159 e. The van der Waals surface area contributed by atoms with Gasteiger partial charge in [0.1, 0.15) is 5.82 Å². The molecule has 1 heterocycles. The fourth-order valence-corrected chi connectivity index (χ4v) is 2.71. The number of rotatable bonds is 4. The Morgan fingerprint density at radius 2 is 2.19 bits per heavy atom. The molecule has 0 saturated heterocycles. The summed E-state index contributed by atoms with van der Waals surface area (Å²) >= 11 is 0. The molecule has 0 radical (unpaired) electrons. The molecule has 1 aromatic carbocycles. The molecule has 0 fully saturated rings. The van der Waals surface area contributed by atoms with Crippen LogP contribution in [0.4, 0.5) is 4.39 Å². The van der Waals surface area contributed by atoms with E-state index in [2.05, 4.69) is 11.9 Å². The molecule has 0 saturated carbocycles. The summed E-state index contributed by atoms with van der Waals surface area (Å²) in [6, 6.07) is 6.61. The minimum Gasteiger partial charge on any atom is -0.379 e. The van der Waals surface area contributed by atoms with E-state index in [1.165, 1.54) is 13.0 Å². The number of carbonyl (C=O) groups is 1. The van der Waals surface area contributed by atoms with Gasteiger partial charge in [0.15, 0.2) is 5.78 Å². The van der Waals surface area contributed by atoms with Gasteiger partial charge in [-0.25, -0.2) is 4.39 Å². The highest BCUT2D eigenvalue weighted by atomic mass is 19.1. The lowest BCUT2D eigenvalue weighted by atomic mass is 9.88. The number of benzene rings is 1. The van der Waals surface area contributed by atoms with E-state index < -0.39 is 0 Å². The van der Waals surface area contributed by atoms with Crippen molar-refractivity contribution in [2.75, 3.05) is 0 Å². The zero-order valence-corrected chi connectivity index (χ0v) is 12.7. The number of ketones is 1. The van der Waals surface area contributed by atoms with E-state index >= 15 is 0 Å². The summed E-state index contributed by atoms with van der Waals surface area (Å²) in [7, 11) is 0. The van der Waals surface area contributed by atoms with E-state index in [9.17, 15) is 9.18 Å². The van der Waals surface area contributed by atoms with Gasteiger partial charge in [0.2, 0.25) is 0 Å². The number of halogens is 1.